The number of amides is 2. The molecule has 0 aliphatic carbocycles. The monoisotopic (exact) mass is 325 g/mol. The minimum atomic E-state index is -0.527. The number of anilines is 1. The van der Waals surface area contributed by atoms with Gasteiger partial charge in [-0.05, 0) is 33.3 Å². The van der Waals surface area contributed by atoms with E-state index in [0.29, 0.717) is 12.1 Å². The van der Waals surface area contributed by atoms with E-state index >= 15 is 0 Å². The first kappa shape index (κ1) is 18.7. The molecule has 1 aromatic carbocycles. The molecular weight excluding hydrogens is 302 g/mol. The van der Waals surface area contributed by atoms with Gasteiger partial charge in [0.25, 0.3) is 5.69 Å². The highest BCUT2D eigenvalue weighted by Gasteiger charge is 2.21. The van der Waals surface area contributed by atoms with E-state index < -0.39 is 11.0 Å². The molecule has 0 spiro atoms. The van der Waals surface area contributed by atoms with Crippen LogP contribution in [0.15, 0.2) is 18.2 Å². The number of ether oxygens (including phenoxy) is 2. The largest absolute Gasteiger partial charge is 0.494 e. The molecule has 8 nitrogen and oxygen atoms in total. The molecule has 23 heavy (non-hydrogen) atoms. The van der Waals surface area contributed by atoms with Crippen LogP contribution in [0.2, 0.25) is 0 Å². The molecule has 0 saturated carbocycles. The van der Waals surface area contributed by atoms with E-state index in [1.165, 1.54) is 25.3 Å². The van der Waals surface area contributed by atoms with Crippen molar-refractivity contribution in [2.45, 2.75) is 38.8 Å². The van der Waals surface area contributed by atoms with Crippen molar-refractivity contribution < 1.29 is 19.2 Å². The van der Waals surface area contributed by atoms with Crippen molar-refractivity contribution in [1.82, 2.24) is 5.32 Å². The SMILES string of the molecule is COc1cc([N+](=O)[O-])ccc1NC(=O)N[C@H](C)CC(C)(C)OC. The summed E-state index contributed by atoms with van der Waals surface area (Å²) in [5.74, 6) is 0.222. The summed E-state index contributed by atoms with van der Waals surface area (Å²) >= 11 is 0. The lowest BCUT2D eigenvalue weighted by Crippen LogP contribution is -2.41. The van der Waals surface area contributed by atoms with Crippen LogP contribution in [-0.4, -0.2) is 36.8 Å². The Hall–Kier alpha value is -2.35. The summed E-state index contributed by atoms with van der Waals surface area (Å²) in [6.07, 6.45) is 0.633. The quantitative estimate of drug-likeness (QED) is 0.592. The van der Waals surface area contributed by atoms with Gasteiger partial charge in [0, 0.05) is 19.2 Å². The van der Waals surface area contributed by atoms with Gasteiger partial charge >= 0.3 is 6.03 Å². The van der Waals surface area contributed by atoms with Gasteiger partial charge in [0.05, 0.1) is 29.4 Å². The number of non-ortho nitro benzene ring substituents is 1. The zero-order valence-corrected chi connectivity index (χ0v) is 14.0. The summed E-state index contributed by atoms with van der Waals surface area (Å²) < 4.78 is 10.4. The second-order valence-corrected chi connectivity index (χ2v) is 5.81. The van der Waals surface area contributed by atoms with Crippen molar-refractivity contribution in [2.24, 2.45) is 0 Å². The van der Waals surface area contributed by atoms with Crippen molar-refractivity contribution in [1.29, 1.82) is 0 Å². The highest BCUT2D eigenvalue weighted by Crippen LogP contribution is 2.28. The smallest absolute Gasteiger partial charge is 0.319 e. The van der Waals surface area contributed by atoms with Crippen LogP contribution in [0.25, 0.3) is 0 Å². The molecule has 0 saturated heterocycles. The summed E-state index contributed by atoms with van der Waals surface area (Å²) in [5, 5.41) is 16.2. The van der Waals surface area contributed by atoms with E-state index in [2.05, 4.69) is 10.6 Å². The first-order valence-electron chi connectivity index (χ1n) is 7.13. The van der Waals surface area contributed by atoms with Gasteiger partial charge < -0.3 is 20.1 Å². The second kappa shape index (κ2) is 7.77. The zero-order valence-electron chi connectivity index (χ0n) is 14.0. The van der Waals surface area contributed by atoms with E-state index in [-0.39, 0.29) is 23.1 Å². The number of hydrogen-bond donors (Lipinski definition) is 2. The average Bonchev–Trinajstić information content (AvgIpc) is 2.46. The van der Waals surface area contributed by atoms with E-state index in [4.69, 9.17) is 9.47 Å². The van der Waals surface area contributed by atoms with Gasteiger partial charge in [-0.1, -0.05) is 0 Å². The third-order valence-electron chi connectivity index (χ3n) is 3.37. The maximum absolute atomic E-state index is 12.0. The summed E-state index contributed by atoms with van der Waals surface area (Å²) in [5.41, 5.74) is -0.102. The van der Waals surface area contributed by atoms with Crippen molar-refractivity contribution in [3.63, 3.8) is 0 Å². The molecule has 0 fully saturated rings. The third-order valence-corrected chi connectivity index (χ3v) is 3.37. The molecule has 0 aliphatic heterocycles. The molecule has 0 heterocycles. The van der Waals surface area contributed by atoms with Crippen LogP contribution in [0, 0.1) is 10.1 Å². The fraction of sp³-hybridized carbons (Fsp3) is 0.533. The highest BCUT2D eigenvalue weighted by molar-refractivity contribution is 5.91. The summed E-state index contributed by atoms with van der Waals surface area (Å²) in [6, 6.07) is 3.45. The molecule has 128 valence electrons. The van der Waals surface area contributed by atoms with Crippen molar-refractivity contribution in [3.8, 4) is 5.75 Å². The molecule has 0 aromatic heterocycles. The fourth-order valence-electron chi connectivity index (χ4n) is 2.15. The number of hydrogen-bond acceptors (Lipinski definition) is 5. The van der Waals surface area contributed by atoms with E-state index in [1.54, 1.807) is 7.11 Å². The number of carbonyl (C=O) groups excluding carboxylic acids is 1. The van der Waals surface area contributed by atoms with Crippen molar-refractivity contribution >= 4 is 17.4 Å². The molecule has 8 heteroatoms. The summed E-state index contributed by atoms with van der Waals surface area (Å²) in [6.45, 7) is 5.73. The lowest BCUT2D eigenvalue weighted by Gasteiger charge is -2.27. The van der Waals surface area contributed by atoms with Crippen LogP contribution in [0.1, 0.15) is 27.2 Å². The van der Waals surface area contributed by atoms with Crippen LogP contribution in [0.3, 0.4) is 0 Å². The average molecular weight is 325 g/mol. The maximum atomic E-state index is 12.0. The third kappa shape index (κ3) is 5.74. The Bertz CT molecular complexity index is 574. The predicted molar refractivity (Wildman–Crippen MR) is 87.0 cm³/mol. The molecular formula is C15H23N3O5. The van der Waals surface area contributed by atoms with Gasteiger partial charge in [-0.3, -0.25) is 10.1 Å². The summed E-state index contributed by atoms with van der Waals surface area (Å²) in [4.78, 5) is 22.3. The molecule has 1 rings (SSSR count). The Morgan fingerprint density at radius 2 is 2.04 bits per heavy atom. The van der Waals surface area contributed by atoms with Crippen LogP contribution >= 0.6 is 0 Å². The fourth-order valence-corrected chi connectivity index (χ4v) is 2.15. The van der Waals surface area contributed by atoms with E-state index in [0.717, 1.165) is 0 Å². The molecule has 0 bridgehead atoms. The molecule has 2 N–H and O–H groups in total. The topological polar surface area (TPSA) is 103 Å². The van der Waals surface area contributed by atoms with Crippen LogP contribution in [0.4, 0.5) is 16.2 Å². The number of rotatable bonds is 7. The first-order chi connectivity index (χ1) is 10.7. The Labute approximate surface area is 135 Å². The minimum Gasteiger partial charge on any atom is -0.494 e. The number of nitro benzene ring substituents is 1. The van der Waals surface area contributed by atoms with Gasteiger partial charge in [-0.25, -0.2) is 4.79 Å². The number of nitro groups is 1. The van der Waals surface area contributed by atoms with Gasteiger partial charge in [0.2, 0.25) is 0 Å². The minimum absolute atomic E-state index is 0.108. The standard InChI is InChI=1S/C15H23N3O5/c1-10(9-15(2,3)23-5)16-14(19)17-12-7-6-11(18(20)21)8-13(12)22-4/h6-8,10H,9H2,1-5H3,(H2,16,17,19)/t10-/m1/s1. The van der Waals surface area contributed by atoms with Crippen LogP contribution in [0.5, 0.6) is 5.75 Å². The number of nitrogens with one attached hydrogen (secondary N) is 2. The van der Waals surface area contributed by atoms with Crippen molar-refractivity contribution in [3.05, 3.63) is 28.3 Å². The van der Waals surface area contributed by atoms with Gasteiger partial charge in [0.15, 0.2) is 0 Å². The van der Waals surface area contributed by atoms with Crippen LogP contribution < -0.4 is 15.4 Å². The van der Waals surface area contributed by atoms with E-state index in [1.807, 2.05) is 20.8 Å². The van der Waals surface area contributed by atoms with Crippen LogP contribution in [-0.2, 0) is 4.74 Å². The molecule has 1 atom stereocenters. The first-order valence-corrected chi connectivity index (χ1v) is 7.13. The van der Waals surface area contributed by atoms with Gasteiger partial charge in [0.1, 0.15) is 5.75 Å². The normalized spacial score (nSPS) is 12.4. The van der Waals surface area contributed by atoms with Gasteiger partial charge in [-0.15, -0.1) is 0 Å². The Morgan fingerprint density at radius 1 is 1.39 bits per heavy atom. The number of nitrogens with zero attached hydrogens (tertiary/aromatic N) is 1. The Balaban J connectivity index is 2.72. The lowest BCUT2D eigenvalue weighted by molar-refractivity contribution is -0.384. The van der Waals surface area contributed by atoms with E-state index in [9.17, 15) is 14.9 Å². The van der Waals surface area contributed by atoms with Crippen molar-refractivity contribution in [2.75, 3.05) is 19.5 Å². The number of carbonyl (C=O) groups is 1. The van der Waals surface area contributed by atoms with Gasteiger partial charge in [-0.2, -0.15) is 0 Å². The molecule has 0 radical (unpaired) electrons. The molecule has 2 amide bonds. The molecule has 0 unspecified atom stereocenters. The number of urea groups is 1. The highest BCUT2D eigenvalue weighted by atomic mass is 16.6. The zero-order chi connectivity index (χ0) is 17.6. The predicted octanol–water partition coefficient (Wildman–Crippen LogP) is 2.93. The number of benzene rings is 1. The maximum Gasteiger partial charge on any atom is 0.319 e. The molecule has 0 aliphatic rings. The number of methoxy groups -OCH3 is 2. The lowest BCUT2D eigenvalue weighted by atomic mass is 10.00. The molecule has 1 aromatic rings. The second-order valence-electron chi connectivity index (χ2n) is 5.81. The Kier molecular flexibility index (Phi) is 6.32. The summed E-state index contributed by atoms with van der Waals surface area (Å²) in [7, 11) is 3.00. The Morgan fingerprint density at radius 3 is 2.57 bits per heavy atom.